The number of esters is 1. The molecular weight excluding hydrogens is 336 g/mol. The van der Waals surface area contributed by atoms with Crippen LogP contribution in [0.25, 0.3) is 0 Å². The van der Waals surface area contributed by atoms with Crippen molar-refractivity contribution in [2.45, 2.75) is 39.7 Å². The van der Waals surface area contributed by atoms with E-state index in [0.29, 0.717) is 29.7 Å². The van der Waals surface area contributed by atoms with E-state index in [2.05, 4.69) is 0 Å². The van der Waals surface area contributed by atoms with Crippen LogP contribution in [0.2, 0.25) is 0 Å². The van der Waals surface area contributed by atoms with Gasteiger partial charge in [-0.3, -0.25) is 4.79 Å². The second-order valence-electron chi connectivity index (χ2n) is 5.56. The van der Waals surface area contributed by atoms with Crippen LogP contribution in [0.4, 0.5) is 0 Å². The third-order valence-corrected chi connectivity index (χ3v) is 4.04. The van der Waals surface area contributed by atoms with E-state index >= 15 is 0 Å². The summed E-state index contributed by atoms with van der Waals surface area (Å²) >= 11 is 0. The summed E-state index contributed by atoms with van der Waals surface area (Å²) in [5.41, 5.74) is 3.04. The molecule has 0 aliphatic carbocycles. The minimum Gasteiger partial charge on any atom is -0.507 e. The van der Waals surface area contributed by atoms with E-state index in [0.717, 1.165) is 11.1 Å². The molecular formula is C17H21ClO6. The Labute approximate surface area is 146 Å². The number of hydrogen-bond donors (Lipinski definition) is 2. The summed E-state index contributed by atoms with van der Waals surface area (Å²) in [6.07, 6.45) is 2.68. The van der Waals surface area contributed by atoms with E-state index in [1.54, 1.807) is 0 Å². The Kier molecular flexibility index (Phi) is 6.66. The minimum atomic E-state index is -0.853. The third-order valence-electron chi connectivity index (χ3n) is 4.04. The normalized spacial score (nSPS) is 13.1. The predicted molar refractivity (Wildman–Crippen MR) is 90.1 cm³/mol. The number of carboxylic acid groups (broad SMARTS) is 1. The van der Waals surface area contributed by atoms with Crippen molar-refractivity contribution in [1.29, 1.82) is 0 Å². The van der Waals surface area contributed by atoms with Gasteiger partial charge in [0.05, 0.1) is 7.11 Å². The molecule has 132 valence electrons. The third kappa shape index (κ3) is 3.82. The number of cyclic esters (lactones) is 1. The van der Waals surface area contributed by atoms with E-state index < -0.39 is 11.9 Å². The Morgan fingerprint density at radius 2 is 2.04 bits per heavy atom. The summed E-state index contributed by atoms with van der Waals surface area (Å²) in [7, 11) is 1.51. The van der Waals surface area contributed by atoms with Gasteiger partial charge in [-0.1, -0.05) is 11.6 Å². The number of halogens is 1. The molecule has 0 amide bonds. The summed E-state index contributed by atoms with van der Waals surface area (Å²) in [4.78, 5) is 22.4. The molecule has 0 bridgehead atoms. The number of carbonyl (C=O) groups is 2. The van der Waals surface area contributed by atoms with E-state index in [-0.39, 0.29) is 36.7 Å². The average molecular weight is 357 g/mol. The lowest BCUT2D eigenvalue weighted by molar-refractivity contribution is -0.136. The molecule has 0 unspecified atom stereocenters. The molecule has 0 atom stereocenters. The van der Waals surface area contributed by atoms with Crippen molar-refractivity contribution in [1.82, 2.24) is 0 Å². The summed E-state index contributed by atoms with van der Waals surface area (Å²) in [6.45, 7) is 3.79. The number of benzene rings is 1. The highest BCUT2D eigenvalue weighted by molar-refractivity contribution is 5.98. The van der Waals surface area contributed by atoms with E-state index in [4.69, 9.17) is 14.6 Å². The number of fused-ring (bicyclic) bond motifs is 1. The second kappa shape index (κ2) is 8.06. The SMILES string of the molecule is COc1c(C)c2c(c(O)c1CC=C(C)CCC(=O)O)C(=O)OC2.Cl. The van der Waals surface area contributed by atoms with Gasteiger partial charge in [-0.25, -0.2) is 4.79 Å². The summed E-state index contributed by atoms with van der Waals surface area (Å²) in [6, 6.07) is 0. The summed E-state index contributed by atoms with van der Waals surface area (Å²) in [5.74, 6) is -0.973. The van der Waals surface area contributed by atoms with Gasteiger partial charge in [-0.15, -0.1) is 12.4 Å². The van der Waals surface area contributed by atoms with Crippen LogP contribution in [-0.2, 0) is 22.6 Å². The van der Waals surface area contributed by atoms with Gasteiger partial charge in [0.2, 0.25) is 0 Å². The van der Waals surface area contributed by atoms with Crippen LogP contribution in [0.15, 0.2) is 11.6 Å². The fourth-order valence-corrected chi connectivity index (χ4v) is 2.71. The van der Waals surface area contributed by atoms with Crippen LogP contribution >= 0.6 is 12.4 Å². The number of methoxy groups -OCH3 is 1. The molecule has 24 heavy (non-hydrogen) atoms. The van der Waals surface area contributed by atoms with Crippen molar-refractivity contribution in [2.24, 2.45) is 0 Å². The maximum absolute atomic E-state index is 11.8. The standard InChI is InChI=1S/C17H20O6.ClH/c1-9(5-7-13(18)19)4-6-11-15(20)14-12(8-23-17(14)21)10(2)16(11)22-3;/h4,20H,5-8H2,1-3H3,(H,18,19);1H. The molecule has 7 heteroatoms. The van der Waals surface area contributed by atoms with E-state index in [1.165, 1.54) is 7.11 Å². The monoisotopic (exact) mass is 356 g/mol. The quantitative estimate of drug-likeness (QED) is 0.600. The molecule has 0 fully saturated rings. The number of ether oxygens (including phenoxy) is 2. The molecule has 2 N–H and O–H groups in total. The van der Waals surface area contributed by atoms with Gasteiger partial charge in [0.25, 0.3) is 0 Å². The lowest BCUT2D eigenvalue weighted by Gasteiger charge is -2.15. The fourth-order valence-electron chi connectivity index (χ4n) is 2.71. The number of rotatable bonds is 6. The summed E-state index contributed by atoms with van der Waals surface area (Å²) < 4.78 is 10.4. The molecule has 1 aromatic rings. The number of phenols is 1. The lowest BCUT2D eigenvalue weighted by Crippen LogP contribution is -2.03. The van der Waals surface area contributed by atoms with Crippen LogP contribution in [0.3, 0.4) is 0 Å². The molecule has 0 spiro atoms. The highest BCUT2D eigenvalue weighted by atomic mass is 35.5. The molecule has 0 saturated heterocycles. The van der Waals surface area contributed by atoms with Crippen LogP contribution < -0.4 is 4.74 Å². The van der Waals surface area contributed by atoms with Crippen molar-refractivity contribution >= 4 is 24.3 Å². The number of carboxylic acids is 1. The fraction of sp³-hybridized carbons (Fsp3) is 0.412. The smallest absolute Gasteiger partial charge is 0.342 e. The van der Waals surface area contributed by atoms with Crippen molar-refractivity contribution in [2.75, 3.05) is 7.11 Å². The average Bonchev–Trinajstić information content (AvgIpc) is 2.89. The Morgan fingerprint density at radius 1 is 1.38 bits per heavy atom. The highest BCUT2D eigenvalue weighted by Gasteiger charge is 2.31. The van der Waals surface area contributed by atoms with Crippen LogP contribution in [-0.4, -0.2) is 29.3 Å². The van der Waals surface area contributed by atoms with E-state index in [9.17, 15) is 14.7 Å². The van der Waals surface area contributed by atoms with Gasteiger partial charge < -0.3 is 19.7 Å². The number of carbonyl (C=O) groups excluding carboxylic acids is 1. The molecule has 2 rings (SSSR count). The first kappa shape index (κ1) is 19.8. The Hall–Kier alpha value is -2.21. The predicted octanol–water partition coefficient (Wildman–Crippen LogP) is 3.16. The largest absolute Gasteiger partial charge is 0.507 e. The molecule has 0 saturated carbocycles. The van der Waals surface area contributed by atoms with Gasteiger partial charge >= 0.3 is 11.9 Å². The van der Waals surface area contributed by atoms with Crippen LogP contribution in [0.5, 0.6) is 11.5 Å². The molecule has 6 nitrogen and oxygen atoms in total. The summed E-state index contributed by atoms with van der Waals surface area (Å²) in [5, 5.41) is 19.1. The minimum absolute atomic E-state index is 0. The molecule has 1 heterocycles. The first-order chi connectivity index (χ1) is 10.9. The van der Waals surface area contributed by atoms with Gasteiger partial charge in [0.1, 0.15) is 23.7 Å². The van der Waals surface area contributed by atoms with Crippen molar-refractivity contribution in [3.63, 3.8) is 0 Å². The molecule has 1 aliphatic rings. The molecule has 0 aromatic heterocycles. The number of hydrogen-bond acceptors (Lipinski definition) is 5. The second-order valence-corrected chi connectivity index (χ2v) is 5.56. The van der Waals surface area contributed by atoms with Crippen molar-refractivity contribution in [3.8, 4) is 11.5 Å². The Bertz CT molecular complexity index is 693. The number of aromatic hydroxyl groups is 1. The topological polar surface area (TPSA) is 93.1 Å². The maximum atomic E-state index is 11.8. The Morgan fingerprint density at radius 3 is 2.62 bits per heavy atom. The van der Waals surface area contributed by atoms with Crippen LogP contribution in [0.1, 0.15) is 46.8 Å². The zero-order chi connectivity index (χ0) is 17.1. The van der Waals surface area contributed by atoms with Crippen molar-refractivity contribution < 1.29 is 29.3 Å². The number of allylic oxidation sites excluding steroid dienone is 2. The van der Waals surface area contributed by atoms with Gasteiger partial charge in [-0.05, 0) is 32.3 Å². The zero-order valence-electron chi connectivity index (χ0n) is 13.8. The first-order valence-corrected chi connectivity index (χ1v) is 7.32. The number of phenolic OH excluding ortho intramolecular Hbond substituents is 1. The molecule has 0 radical (unpaired) electrons. The van der Waals surface area contributed by atoms with Crippen molar-refractivity contribution in [3.05, 3.63) is 33.9 Å². The van der Waals surface area contributed by atoms with Gasteiger partial charge in [0, 0.05) is 17.5 Å². The highest BCUT2D eigenvalue weighted by Crippen LogP contribution is 2.41. The maximum Gasteiger partial charge on any atom is 0.342 e. The van der Waals surface area contributed by atoms with Gasteiger partial charge in [0.15, 0.2) is 0 Å². The Balaban J connectivity index is 0.00000288. The molecule has 1 aliphatic heterocycles. The first-order valence-electron chi connectivity index (χ1n) is 7.32. The van der Waals surface area contributed by atoms with Crippen LogP contribution in [0, 0.1) is 6.92 Å². The lowest BCUT2D eigenvalue weighted by atomic mass is 9.94. The number of aliphatic carboxylic acids is 1. The molecule has 1 aromatic carbocycles. The zero-order valence-corrected chi connectivity index (χ0v) is 14.7. The van der Waals surface area contributed by atoms with Gasteiger partial charge in [-0.2, -0.15) is 0 Å². The van der Waals surface area contributed by atoms with E-state index in [1.807, 2.05) is 19.9 Å².